The van der Waals surface area contributed by atoms with Crippen LogP contribution in [0.2, 0.25) is 0 Å². The van der Waals surface area contributed by atoms with Crippen molar-refractivity contribution in [2.24, 2.45) is 0 Å². The van der Waals surface area contributed by atoms with Gasteiger partial charge in [0, 0.05) is 16.1 Å². The number of aryl methyl sites for hydroxylation is 1. The van der Waals surface area contributed by atoms with E-state index in [1.165, 1.54) is 5.56 Å². The third-order valence-corrected chi connectivity index (χ3v) is 4.41. The molecular weight excluding hydrogens is 326 g/mol. The van der Waals surface area contributed by atoms with Gasteiger partial charge in [0.15, 0.2) is 0 Å². The molecule has 0 amide bonds. The average Bonchev–Trinajstić information content (AvgIpc) is 2.53. The van der Waals surface area contributed by atoms with Gasteiger partial charge in [0.1, 0.15) is 12.4 Å². The molecule has 0 radical (unpaired) electrons. The van der Waals surface area contributed by atoms with E-state index in [-0.39, 0.29) is 0 Å². The molecular formula is C18H22BrNO. The monoisotopic (exact) mass is 347 g/mol. The molecule has 2 rings (SSSR count). The molecule has 0 aliphatic heterocycles. The second-order valence-corrected chi connectivity index (χ2v) is 6.11. The number of nitrogens with one attached hydrogen (secondary N) is 1. The van der Waals surface area contributed by atoms with Crippen LogP contribution < -0.4 is 10.1 Å². The maximum atomic E-state index is 5.83. The second-order valence-electron chi connectivity index (χ2n) is 5.25. The lowest BCUT2D eigenvalue weighted by Gasteiger charge is -2.11. The molecule has 21 heavy (non-hydrogen) atoms. The minimum Gasteiger partial charge on any atom is -0.489 e. The molecule has 0 saturated heterocycles. The van der Waals surface area contributed by atoms with E-state index in [1.54, 1.807) is 0 Å². The fourth-order valence-corrected chi connectivity index (χ4v) is 2.46. The van der Waals surface area contributed by atoms with Crippen LogP contribution in [0.15, 0.2) is 53.0 Å². The number of benzene rings is 2. The van der Waals surface area contributed by atoms with Crippen LogP contribution in [0.4, 0.5) is 0 Å². The summed E-state index contributed by atoms with van der Waals surface area (Å²) in [5, 5.41) is 3.26. The van der Waals surface area contributed by atoms with Gasteiger partial charge in [-0.05, 0) is 50.6 Å². The van der Waals surface area contributed by atoms with Gasteiger partial charge in [0.05, 0.1) is 0 Å². The number of hydrogen-bond acceptors (Lipinski definition) is 2. The van der Waals surface area contributed by atoms with Crippen molar-refractivity contribution in [1.29, 1.82) is 0 Å². The van der Waals surface area contributed by atoms with Crippen LogP contribution in [-0.4, -0.2) is 13.1 Å². The van der Waals surface area contributed by atoms with Gasteiger partial charge in [-0.2, -0.15) is 0 Å². The summed E-state index contributed by atoms with van der Waals surface area (Å²) in [5.41, 5.74) is 2.51. The molecule has 0 aliphatic rings. The van der Waals surface area contributed by atoms with Gasteiger partial charge in [0.25, 0.3) is 0 Å². The summed E-state index contributed by atoms with van der Waals surface area (Å²) in [7, 11) is 2.00. The van der Waals surface area contributed by atoms with Crippen molar-refractivity contribution in [2.45, 2.75) is 32.4 Å². The van der Waals surface area contributed by atoms with Gasteiger partial charge in [-0.25, -0.2) is 0 Å². The van der Waals surface area contributed by atoms with Crippen molar-refractivity contribution < 1.29 is 4.74 Å². The lowest BCUT2D eigenvalue weighted by atomic mass is 10.1. The molecule has 0 fully saturated rings. The first-order valence-electron chi connectivity index (χ1n) is 7.31. The Kier molecular flexibility index (Phi) is 6.27. The smallest absolute Gasteiger partial charge is 0.119 e. The number of rotatable bonds is 7. The van der Waals surface area contributed by atoms with Crippen molar-refractivity contribution in [2.75, 3.05) is 7.05 Å². The largest absolute Gasteiger partial charge is 0.489 e. The first-order chi connectivity index (χ1) is 10.2. The molecule has 0 saturated carbocycles. The van der Waals surface area contributed by atoms with E-state index in [1.807, 2.05) is 25.2 Å². The first-order valence-corrected chi connectivity index (χ1v) is 8.10. The predicted molar refractivity (Wildman–Crippen MR) is 91.8 cm³/mol. The molecule has 0 heterocycles. The fraction of sp³-hybridized carbons (Fsp3) is 0.333. The number of halogens is 1. The Balaban J connectivity index is 1.86. The van der Waals surface area contributed by atoms with E-state index in [0.29, 0.717) is 12.6 Å². The lowest BCUT2D eigenvalue weighted by Crippen LogP contribution is -2.21. The van der Waals surface area contributed by atoms with Crippen LogP contribution in [0.25, 0.3) is 0 Å². The Morgan fingerprint density at radius 2 is 1.81 bits per heavy atom. The molecule has 2 aromatic carbocycles. The summed E-state index contributed by atoms with van der Waals surface area (Å²) in [5.74, 6) is 0.913. The molecule has 1 N–H and O–H groups in total. The minimum atomic E-state index is 0.552. The van der Waals surface area contributed by atoms with Crippen LogP contribution in [0.3, 0.4) is 0 Å². The van der Waals surface area contributed by atoms with Crippen LogP contribution in [0.5, 0.6) is 5.75 Å². The highest BCUT2D eigenvalue weighted by atomic mass is 79.9. The highest BCUT2D eigenvalue weighted by Gasteiger charge is 2.02. The Bertz CT molecular complexity index is 553. The van der Waals surface area contributed by atoms with Gasteiger partial charge < -0.3 is 10.1 Å². The van der Waals surface area contributed by atoms with Crippen molar-refractivity contribution in [3.8, 4) is 5.75 Å². The molecule has 3 heteroatoms. The number of hydrogen-bond donors (Lipinski definition) is 1. The van der Waals surface area contributed by atoms with Gasteiger partial charge in [-0.1, -0.05) is 46.3 Å². The van der Waals surface area contributed by atoms with E-state index in [0.717, 1.165) is 28.6 Å². The van der Waals surface area contributed by atoms with Gasteiger partial charge in [0.2, 0.25) is 0 Å². The Morgan fingerprint density at radius 1 is 1.10 bits per heavy atom. The zero-order valence-electron chi connectivity index (χ0n) is 12.6. The summed E-state index contributed by atoms with van der Waals surface area (Å²) in [6, 6.07) is 17.1. The summed E-state index contributed by atoms with van der Waals surface area (Å²) >= 11 is 3.54. The zero-order chi connectivity index (χ0) is 15.1. The van der Waals surface area contributed by atoms with Crippen LogP contribution >= 0.6 is 15.9 Å². The highest BCUT2D eigenvalue weighted by Crippen LogP contribution is 2.19. The lowest BCUT2D eigenvalue weighted by molar-refractivity contribution is 0.305. The summed E-state index contributed by atoms with van der Waals surface area (Å²) in [6.45, 7) is 2.78. The second kappa shape index (κ2) is 8.20. The highest BCUT2D eigenvalue weighted by molar-refractivity contribution is 9.10. The fourth-order valence-electron chi connectivity index (χ4n) is 2.06. The topological polar surface area (TPSA) is 21.3 Å². The minimum absolute atomic E-state index is 0.552. The van der Waals surface area contributed by atoms with Crippen molar-refractivity contribution in [1.82, 2.24) is 5.32 Å². The SMILES string of the molecule is CNC(C)CCc1ccc(OCc2ccccc2Br)cc1. The summed E-state index contributed by atoms with van der Waals surface area (Å²) in [4.78, 5) is 0. The third kappa shape index (κ3) is 5.18. The van der Waals surface area contributed by atoms with E-state index in [2.05, 4.69) is 58.5 Å². The molecule has 0 bridgehead atoms. The summed E-state index contributed by atoms with van der Waals surface area (Å²) in [6.07, 6.45) is 2.24. The normalized spacial score (nSPS) is 12.1. The number of ether oxygens (including phenoxy) is 1. The molecule has 2 aromatic rings. The zero-order valence-corrected chi connectivity index (χ0v) is 14.2. The van der Waals surface area contributed by atoms with Gasteiger partial charge in [-0.15, -0.1) is 0 Å². The Morgan fingerprint density at radius 3 is 2.48 bits per heavy atom. The molecule has 0 aromatic heterocycles. The van der Waals surface area contributed by atoms with Crippen molar-refractivity contribution in [3.63, 3.8) is 0 Å². The van der Waals surface area contributed by atoms with Gasteiger partial charge in [-0.3, -0.25) is 0 Å². The van der Waals surface area contributed by atoms with Crippen molar-refractivity contribution >= 4 is 15.9 Å². The molecule has 1 unspecified atom stereocenters. The van der Waals surface area contributed by atoms with Gasteiger partial charge >= 0.3 is 0 Å². The molecule has 112 valence electrons. The van der Waals surface area contributed by atoms with Crippen LogP contribution in [0, 0.1) is 0 Å². The van der Waals surface area contributed by atoms with Crippen molar-refractivity contribution in [3.05, 3.63) is 64.1 Å². The summed E-state index contributed by atoms with van der Waals surface area (Å²) < 4.78 is 6.92. The van der Waals surface area contributed by atoms with E-state index < -0.39 is 0 Å². The molecule has 0 aliphatic carbocycles. The average molecular weight is 348 g/mol. The Hall–Kier alpha value is -1.32. The van der Waals surface area contributed by atoms with E-state index in [4.69, 9.17) is 4.74 Å². The Labute approximate surface area is 135 Å². The first kappa shape index (κ1) is 16.1. The van der Waals surface area contributed by atoms with Crippen LogP contribution in [0.1, 0.15) is 24.5 Å². The maximum Gasteiger partial charge on any atom is 0.119 e. The third-order valence-electron chi connectivity index (χ3n) is 3.63. The van der Waals surface area contributed by atoms with E-state index in [9.17, 15) is 0 Å². The predicted octanol–water partition coefficient (Wildman–Crippen LogP) is 4.57. The maximum absolute atomic E-state index is 5.83. The molecule has 2 nitrogen and oxygen atoms in total. The van der Waals surface area contributed by atoms with E-state index >= 15 is 0 Å². The molecule has 0 spiro atoms. The van der Waals surface area contributed by atoms with Crippen LogP contribution in [-0.2, 0) is 13.0 Å². The quantitative estimate of drug-likeness (QED) is 0.792. The molecule has 1 atom stereocenters. The standard InChI is InChI=1S/C18H22BrNO/c1-14(20-2)7-8-15-9-11-17(12-10-15)21-13-16-5-3-4-6-18(16)19/h3-6,9-12,14,20H,7-8,13H2,1-2H3.